The molecule has 0 fully saturated rings. The minimum atomic E-state index is 0. The van der Waals surface area contributed by atoms with Crippen molar-refractivity contribution in [3.8, 4) is 6.07 Å². The molecule has 28 heavy (non-hydrogen) atoms. The van der Waals surface area contributed by atoms with Crippen LogP contribution >= 0.6 is 24.0 Å². The van der Waals surface area contributed by atoms with Gasteiger partial charge < -0.3 is 15.6 Å². The number of hydrogen-bond donors (Lipinski definition) is 3. The van der Waals surface area contributed by atoms with Crippen molar-refractivity contribution in [3.05, 3.63) is 70.9 Å². The zero-order chi connectivity index (χ0) is 19.1. The van der Waals surface area contributed by atoms with E-state index in [0.717, 1.165) is 31.0 Å². The van der Waals surface area contributed by atoms with Gasteiger partial charge in [0.05, 0.1) is 18.2 Å². The highest BCUT2D eigenvalue weighted by atomic mass is 127. The number of hydrogen-bond acceptors (Lipinski definition) is 2. The number of aryl methyl sites for hydroxylation is 1. The molecule has 6 heteroatoms. The number of aliphatic imine (C=N–C) groups is 1. The first-order valence-corrected chi connectivity index (χ1v) is 9.28. The largest absolute Gasteiger partial charge is 0.361 e. The third-order valence-electron chi connectivity index (χ3n) is 4.53. The summed E-state index contributed by atoms with van der Waals surface area (Å²) in [7, 11) is 0. The lowest BCUT2D eigenvalue weighted by Gasteiger charge is -2.11. The number of H-pyrrole nitrogens is 1. The normalized spacial score (nSPS) is 11.0. The molecule has 0 saturated carbocycles. The number of aromatic amines is 1. The second-order valence-corrected chi connectivity index (χ2v) is 6.49. The Morgan fingerprint density at radius 1 is 1.14 bits per heavy atom. The van der Waals surface area contributed by atoms with Crippen molar-refractivity contribution >= 4 is 40.8 Å². The maximum Gasteiger partial charge on any atom is 0.191 e. The van der Waals surface area contributed by atoms with E-state index < -0.39 is 0 Å². The molecule has 1 aromatic heterocycles. The van der Waals surface area contributed by atoms with E-state index in [1.165, 1.54) is 22.0 Å². The average Bonchev–Trinajstić information content (AvgIpc) is 3.11. The van der Waals surface area contributed by atoms with Gasteiger partial charge in [-0.2, -0.15) is 5.26 Å². The van der Waals surface area contributed by atoms with E-state index in [1.54, 1.807) is 0 Å². The molecule has 146 valence electrons. The van der Waals surface area contributed by atoms with Gasteiger partial charge >= 0.3 is 0 Å². The summed E-state index contributed by atoms with van der Waals surface area (Å²) in [6.45, 7) is 6.40. The Bertz CT molecular complexity index is 967. The molecule has 0 aliphatic carbocycles. The molecule has 0 unspecified atom stereocenters. The molecule has 0 amide bonds. The van der Waals surface area contributed by atoms with Crippen LogP contribution in [0.15, 0.2) is 53.7 Å². The van der Waals surface area contributed by atoms with Gasteiger partial charge in [0.1, 0.15) is 0 Å². The molecule has 0 aliphatic rings. The summed E-state index contributed by atoms with van der Waals surface area (Å²) < 4.78 is 0. The van der Waals surface area contributed by atoms with Gasteiger partial charge in [0.25, 0.3) is 0 Å². The first-order valence-electron chi connectivity index (χ1n) is 9.28. The molecule has 1 heterocycles. The lowest BCUT2D eigenvalue weighted by molar-refractivity contribution is 0.801. The van der Waals surface area contributed by atoms with E-state index in [4.69, 9.17) is 5.26 Å². The van der Waals surface area contributed by atoms with E-state index in [1.807, 2.05) is 24.3 Å². The van der Waals surface area contributed by atoms with Crippen molar-refractivity contribution in [1.29, 1.82) is 5.26 Å². The van der Waals surface area contributed by atoms with E-state index in [-0.39, 0.29) is 24.0 Å². The summed E-state index contributed by atoms with van der Waals surface area (Å²) in [5, 5.41) is 16.9. The number of guanidine groups is 1. The van der Waals surface area contributed by atoms with E-state index in [2.05, 4.69) is 64.9 Å². The predicted octanol–water partition coefficient (Wildman–Crippen LogP) is 4.26. The Labute approximate surface area is 183 Å². The maximum absolute atomic E-state index is 8.88. The molecule has 3 rings (SSSR count). The van der Waals surface area contributed by atoms with Crippen molar-refractivity contribution in [2.75, 3.05) is 13.1 Å². The summed E-state index contributed by atoms with van der Waals surface area (Å²) in [6, 6.07) is 16.0. The highest BCUT2D eigenvalue weighted by Gasteiger charge is 2.06. The lowest BCUT2D eigenvalue weighted by atomic mass is 10.1. The van der Waals surface area contributed by atoms with Crippen LogP contribution in [0.4, 0.5) is 0 Å². The number of aromatic nitrogens is 1. The molecule has 0 aliphatic heterocycles. The number of halogens is 1. The highest BCUT2D eigenvalue weighted by Crippen LogP contribution is 2.22. The Kier molecular flexibility index (Phi) is 8.33. The molecular weight excluding hydrogens is 461 g/mol. The number of rotatable bonds is 6. The Hall–Kier alpha value is -2.53. The maximum atomic E-state index is 8.88. The Morgan fingerprint density at radius 2 is 1.93 bits per heavy atom. The van der Waals surface area contributed by atoms with Crippen molar-refractivity contribution < 1.29 is 0 Å². The van der Waals surface area contributed by atoms with Crippen molar-refractivity contribution in [2.45, 2.75) is 26.8 Å². The second-order valence-electron chi connectivity index (χ2n) is 6.49. The van der Waals surface area contributed by atoms with Crippen LogP contribution in [0.25, 0.3) is 10.9 Å². The molecule has 5 nitrogen and oxygen atoms in total. The van der Waals surface area contributed by atoms with E-state index in [0.29, 0.717) is 12.1 Å². The summed E-state index contributed by atoms with van der Waals surface area (Å²) in [6.07, 6.45) is 3.02. The van der Waals surface area contributed by atoms with Gasteiger partial charge in [-0.3, -0.25) is 0 Å². The van der Waals surface area contributed by atoms with Gasteiger partial charge in [0.15, 0.2) is 5.96 Å². The molecular formula is C22H26IN5. The Morgan fingerprint density at radius 3 is 2.64 bits per heavy atom. The van der Waals surface area contributed by atoms with Gasteiger partial charge in [-0.1, -0.05) is 24.3 Å². The molecule has 3 N–H and O–H groups in total. The van der Waals surface area contributed by atoms with Crippen molar-refractivity contribution in [3.63, 3.8) is 0 Å². The number of fused-ring (bicyclic) bond motifs is 1. The summed E-state index contributed by atoms with van der Waals surface area (Å²) >= 11 is 0. The average molecular weight is 487 g/mol. The van der Waals surface area contributed by atoms with Crippen LogP contribution in [-0.2, 0) is 13.0 Å². The molecule has 0 bridgehead atoms. The van der Waals surface area contributed by atoms with Crippen LogP contribution < -0.4 is 10.6 Å². The summed E-state index contributed by atoms with van der Waals surface area (Å²) in [4.78, 5) is 7.99. The first kappa shape index (κ1) is 21.8. The van der Waals surface area contributed by atoms with Gasteiger partial charge in [0, 0.05) is 30.2 Å². The van der Waals surface area contributed by atoms with Crippen LogP contribution in [0.1, 0.15) is 29.2 Å². The molecule has 0 spiro atoms. The highest BCUT2D eigenvalue weighted by molar-refractivity contribution is 14.0. The van der Waals surface area contributed by atoms with Crippen LogP contribution in [-0.4, -0.2) is 24.0 Å². The Balaban J connectivity index is 0.00000280. The van der Waals surface area contributed by atoms with Crippen LogP contribution in [0, 0.1) is 18.3 Å². The fraction of sp³-hybridized carbons (Fsp3) is 0.273. The minimum Gasteiger partial charge on any atom is -0.361 e. The fourth-order valence-electron chi connectivity index (χ4n) is 3.16. The zero-order valence-corrected chi connectivity index (χ0v) is 18.6. The molecule has 0 atom stereocenters. The number of benzene rings is 2. The number of nitrogens with one attached hydrogen (secondary N) is 3. The molecule has 0 radical (unpaired) electrons. The standard InChI is InChI=1S/C22H25N5.HI/c1-3-24-22(27-14-18-9-7-17(13-23)8-10-18)25-12-11-19-15-26-20-6-4-5-16(2)21(19)20;/h4-10,15,26H,3,11-12,14H2,1-2H3,(H2,24,25,27);1H. The first-order chi connectivity index (χ1) is 13.2. The van der Waals surface area contributed by atoms with Crippen LogP contribution in [0.3, 0.4) is 0 Å². The quantitative estimate of drug-likeness (QED) is 0.276. The van der Waals surface area contributed by atoms with Gasteiger partial charge in [-0.05, 0) is 55.2 Å². The van der Waals surface area contributed by atoms with Crippen LogP contribution in [0.2, 0.25) is 0 Å². The lowest BCUT2D eigenvalue weighted by Crippen LogP contribution is -2.38. The zero-order valence-electron chi connectivity index (χ0n) is 16.2. The summed E-state index contributed by atoms with van der Waals surface area (Å²) in [5.74, 6) is 0.804. The van der Waals surface area contributed by atoms with E-state index in [9.17, 15) is 0 Å². The van der Waals surface area contributed by atoms with Gasteiger partial charge in [-0.25, -0.2) is 4.99 Å². The fourth-order valence-corrected chi connectivity index (χ4v) is 3.16. The topological polar surface area (TPSA) is 76.0 Å². The van der Waals surface area contributed by atoms with Crippen LogP contribution in [0.5, 0.6) is 0 Å². The van der Waals surface area contributed by atoms with Gasteiger partial charge in [-0.15, -0.1) is 24.0 Å². The molecule has 0 saturated heterocycles. The second kappa shape index (κ2) is 10.7. The van der Waals surface area contributed by atoms with Crippen molar-refractivity contribution in [2.24, 2.45) is 4.99 Å². The third kappa shape index (κ3) is 5.49. The molecule has 2 aromatic carbocycles. The SMILES string of the molecule is CCNC(=NCc1ccc(C#N)cc1)NCCc1c[nH]c2cccc(C)c12.I. The monoisotopic (exact) mass is 487 g/mol. The number of nitrogens with zero attached hydrogens (tertiary/aromatic N) is 2. The third-order valence-corrected chi connectivity index (χ3v) is 4.53. The number of nitriles is 1. The summed E-state index contributed by atoms with van der Waals surface area (Å²) in [5.41, 5.74) is 5.55. The van der Waals surface area contributed by atoms with Crippen molar-refractivity contribution in [1.82, 2.24) is 15.6 Å². The van der Waals surface area contributed by atoms with Gasteiger partial charge in [0.2, 0.25) is 0 Å². The minimum absolute atomic E-state index is 0. The van der Waals surface area contributed by atoms with E-state index >= 15 is 0 Å². The molecule has 3 aromatic rings. The smallest absolute Gasteiger partial charge is 0.191 e. The predicted molar refractivity (Wildman–Crippen MR) is 126 cm³/mol.